The number of nitrogens with one attached hydrogen (secondary N) is 5. The van der Waals surface area contributed by atoms with Gasteiger partial charge in [0.15, 0.2) is 0 Å². The molecule has 0 aliphatic heterocycles. The monoisotopic (exact) mass is 747 g/mol. The van der Waals surface area contributed by atoms with Crippen LogP contribution in [0.5, 0.6) is 5.75 Å². The van der Waals surface area contributed by atoms with Gasteiger partial charge in [-0.2, -0.15) is 9.97 Å². The Kier molecular flexibility index (Phi) is 14.9. The van der Waals surface area contributed by atoms with Crippen LogP contribution in [0.3, 0.4) is 0 Å². The highest BCUT2D eigenvalue weighted by atomic mass is 16.5. The molecule has 0 saturated carbocycles. The Morgan fingerprint density at radius 2 is 1.22 bits per heavy atom. The highest BCUT2D eigenvalue weighted by molar-refractivity contribution is 5.95. The topological polar surface area (TPSA) is 185 Å². The third-order valence-electron chi connectivity index (χ3n) is 8.20. The Balaban J connectivity index is 1.14. The number of phenols is 1. The lowest BCUT2D eigenvalue weighted by Crippen LogP contribution is -2.27. The molecule has 14 nitrogen and oxygen atoms in total. The molecule has 1 aromatic heterocycles. The largest absolute Gasteiger partial charge is 0.508 e. The number of hydrogen-bond donors (Lipinski definition) is 6. The standard InChI is InChI=1S/C41H45N7O7/c1-3-35-36(42-21-23-54-25-26-55-24-22-43-38(50)29-7-5-4-6-8-29)47-41(48-37(35)45-32-17-19-34(49)20-18-32)46-33-15-13-30(14-16-33)39(51)44-27-28-9-11-31(12-10-28)40(52)53-2/h4-20,49H,3,21-27H2,1-2H3,(H,43,50)(H,44,51)(H3,42,45,46,47,48). The number of ether oxygens (including phenoxy) is 3. The van der Waals surface area contributed by atoms with Gasteiger partial charge in [-0.25, -0.2) is 4.79 Å². The van der Waals surface area contributed by atoms with Crippen LogP contribution in [-0.2, 0) is 27.2 Å². The molecule has 0 fully saturated rings. The Morgan fingerprint density at radius 1 is 0.636 bits per heavy atom. The summed E-state index contributed by atoms with van der Waals surface area (Å²) in [5.74, 6) is 0.864. The Labute approximate surface area is 319 Å². The second-order valence-electron chi connectivity index (χ2n) is 12.1. The number of phenolic OH excluding ortho intramolecular Hbond substituents is 1. The highest BCUT2D eigenvalue weighted by Gasteiger charge is 2.15. The van der Waals surface area contributed by atoms with Crippen molar-refractivity contribution in [3.05, 3.63) is 131 Å². The van der Waals surface area contributed by atoms with Crippen LogP contribution >= 0.6 is 0 Å². The number of benzene rings is 4. The molecule has 0 spiro atoms. The summed E-state index contributed by atoms with van der Waals surface area (Å²) < 4.78 is 16.1. The number of esters is 1. The normalized spacial score (nSPS) is 10.7. The molecular formula is C41H45N7O7. The lowest BCUT2D eigenvalue weighted by atomic mass is 10.1. The molecule has 14 heteroatoms. The fourth-order valence-electron chi connectivity index (χ4n) is 5.29. The van der Waals surface area contributed by atoms with Crippen molar-refractivity contribution < 1.29 is 33.7 Å². The minimum absolute atomic E-state index is 0.139. The van der Waals surface area contributed by atoms with E-state index in [1.807, 2.05) is 25.1 Å². The first-order valence-corrected chi connectivity index (χ1v) is 17.8. The third kappa shape index (κ3) is 12.3. The molecule has 55 heavy (non-hydrogen) atoms. The Bertz CT molecular complexity index is 1990. The van der Waals surface area contributed by atoms with E-state index in [2.05, 4.69) is 26.6 Å². The fraction of sp³-hybridized carbons (Fsp3) is 0.244. The number of carbonyl (C=O) groups is 3. The van der Waals surface area contributed by atoms with Crippen molar-refractivity contribution in [2.75, 3.05) is 62.6 Å². The minimum Gasteiger partial charge on any atom is -0.508 e. The second-order valence-corrected chi connectivity index (χ2v) is 12.1. The van der Waals surface area contributed by atoms with Crippen molar-refractivity contribution in [1.29, 1.82) is 0 Å². The van der Waals surface area contributed by atoms with Crippen LogP contribution in [0.25, 0.3) is 0 Å². The number of rotatable bonds is 20. The molecule has 5 rings (SSSR count). The van der Waals surface area contributed by atoms with Crippen LogP contribution in [-0.4, -0.2) is 79.5 Å². The lowest BCUT2D eigenvalue weighted by molar-refractivity contribution is 0.0519. The van der Waals surface area contributed by atoms with Gasteiger partial charge in [-0.15, -0.1) is 0 Å². The van der Waals surface area contributed by atoms with E-state index in [1.165, 1.54) is 7.11 Å². The van der Waals surface area contributed by atoms with E-state index in [1.54, 1.807) is 84.9 Å². The van der Waals surface area contributed by atoms with Crippen molar-refractivity contribution in [1.82, 2.24) is 20.6 Å². The molecule has 6 N–H and O–H groups in total. The van der Waals surface area contributed by atoms with Crippen LogP contribution in [0.4, 0.5) is 29.0 Å². The molecule has 5 aromatic rings. The van der Waals surface area contributed by atoms with Gasteiger partial charge in [0.05, 0.1) is 39.1 Å². The van der Waals surface area contributed by atoms with E-state index in [4.69, 9.17) is 24.2 Å². The van der Waals surface area contributed by atoms with Crippen molar-refractivity contribution in [2.45, 2.75) is 19.9 Å². The molecule has 286 valence electrons. The Hall–Kier alpha value is -6.51. The van der Waals surface area contributed by atoms with E-state index >= 15 is 0 Å². The zero-order chi connectivity index (χ0) is 38.8. The first-order chi connectivity index (χ1) is 26.8. The quantitative estimate of drug-likeness (QED) is 0.0319. The molecule has 0 aliphatic rings. The van der Waals surface area contributed by atoms with Gasteiger partial charge in [0, 0.05) is 47.7 Å². The highest BCUT2D eigenvalue weighted by Crippen LogP contribution is 2.28. The predicted molar refractivity (Wildman–Crippen MR) is 210 cm³/mol. The number of anilines is 5. The minimum atomic E-state index is -0.419. The summed E-state index contributed by atoms with van der Waals surface area (Å²) in [6.07, 6.45) is 0.623. The number of hydrogen-bond acceptors (Lipinski definition) is 12. The summed E-state index contributed by atoms with van der Waals surface area (Å²) in [7, 11) is 1.33. The van der Waals surface area contributed by atoms with E-state index < -0.39 is 5.97 Å². The average Bonchev–Trinajstić information content (AvgIpc) is 3.21. The maximum absolute atomic E-state index is 12.9. The molecule has 0 unspecified atom stereocenters. The van der Waals surface area contributed by atoms with Gasteiger partial charge in [0.2, 0.25) is 5.95 Å². The van der Waals surface area contributed by atoms with Crippen molar-refractivity contribution in [2.24, 2.45) is 0 Å². The second kappa shape index (κ2) is 20.7. The molecule has 0 saturated heterocycles. The number of aromatic nitrogens is 2. The summed E-state index contributed by atoms with van der Waals surface area (Å²) in [4.78, 5) is 46.2. The van der Waals surface area contributed by atoms with Gasteiger partial charge in [0.1, 0.15) is 17.4 Å². The molecule has 0 bridgehead atoms. The smallest absolute Gasteiger partial charge is 0.337 e. The summed E-state index contributed by atoms with van der Waals surface area (Å²) in [5, 5.41) is 25.4. The number of methoxy groups -OCH3 is 1. The van der Waals surface area contributed by atoms with E-state index in [-0.39, 0.29) is 17.6 Å². The fourth-order valence-corrected chi connectivity index (χ4v) is 5.29. The molecule has 0 atom stereocenters. The summed E-state index contributed by atoms with van der Waals surface area (Å²) in [6.45, 7) is 4.71. The SMILES string of the molecule is CCc1c(NCCOCCOCCNC(=O)c2ccccc2)nc(Nc2ccc(C(=O)NCc3ccc(C(=O)OC)cc3)cc2)nc1Nc1ccc(O)cc1. The van der Waals surface area contributed by atoms with E-state index in [9.17, 15) is 19.5 Å². The molecule has 0 aliphatic carbocycles. The van der Waals surface area contributed by atoms with Crippen molar-refractivity contribution in [3.8, 4) is 5.75 Å². The number of nitrogens with zero attached hydrogens (tertiary/aromatic N) is 2. The van der Waals surface area contributed by atoms with Gasteiger partial charge >= 0.3 is 5.97 Å². The van der Waals surface area contributed by atoms with Gasteiger partial charge < -0.3 is 45.9 Å². The third-order valence-corrected chi connectivity index (χ3v) is 8.20. The summed E-state index contributed by atoms with van der Waals surface area (Å²) in [6, 6.07) is 29.5. The van der Waals surface area contributed by atoms with Crippen LogP contribution in [0.1, 0.15) is 49.1 Å². The Morgan fingerprint density at radius 3 is 1.89 bits per heavy atom. The van der Waals surface area contributed by atoms with Crippen LogP contribution < -0.4 is 26.6 Å². The maximum Gasteiger partial charge on any atom is 0.337 e. The predicted octanol–water partition coefficient (Wildman–Crippen LogP) is 5.82. The zero-order valence-corrected chi connectivity index (χ0v) is 30.8. The first-order valence-electron chi connectivity index (χ1n) is 17.8. The van der Waals surface area contributed by atoms with Crippen molar-refractivity contribution >= 4 is 46.7 Å². The number of carbonyl (C=O) groups excluding carboxylic acids is 3. The van der Waals surface area contributed by atoms with Gasteiger partial charge in [-0.05, 0) is 84.8 Å². The van der Waals surface area contributed by atoms with Gasteiger partial charge in [-0.3, -0.25) is 9.59 Å². The lowest BCUT2D eigenvalue weighted by Gasteiger charge is -2.17. The summed E-state index contributed by atoms with van der Waals surface area (Å²) in [5.41, 5.74) is 4.61. The molecule has 4 aromatic carbocycles. The van der Waals surface area contributed by atoms with Crippen LogP contribution in [0.2, 0.25) is 0 Å². The first kappa shape index (κ1) is 39.7. The van der Waals surface area contributed by atoms with E-state index in [0.29, 0.717) is 92.4 Å². The zero-order valence-electron chi connectivity index (χ0n) is 30.8. The average molecular weight is 748 g/mol. The molecule has 1 heterocycles. The number of amides is 2. The maximum atomic E-state index is 12.9. The van der Waals surface area contributed by atoms with E-state index in [0.717, 1.165) is 16.8 Å². The van der Waals surface area contributed by atoms with Crippen LogP contribution in [0, 0.1) is 0 Å². The van der Waals surface area contributed by atoms with Crippen LogP contribution in [0.15, 0.2) is 103 Å². The summed E-state index contributed by atoms with van der Waals surface area (Å²) >= 11 is 0. The molecule has 2 amide bonds. The molecular weight excluding hydrogens is 702 g/mol. The molecule has 0 radical (unpaired) electrons. The van der Waals surface area contributed by atoms with Crippen molar-refractivity contribution in [3.63, 3.8) is 0 Å². The number of aromatic hydroxyl groups is 1. The van der Waals surface area contributed by atoms with Gasteiger partial charge in [-0.1, -0.05) is 37.3 Å². The van der Waals surface area contributed by atoms with Gasteiger partial charge in [0.25, 0.3) is 11.8 Å².